The Morgan fingerprint density at radius 2 is 1.22 bits per heavy atom. The predicted molar refractivity (Wildman–Crippen MR) is 148 cm³/mol. The quantitative estimate of drug-likeness (QED) is 0.224. The van der Waals surface area contributed by atoms with E-state index in [2.05, 4.69) is 25.1 Å². The number of nitrogens with zero attached hydrogens (tertiary/aromatic N) is 4. The molecule has 1 fully saturated rings. The van der Waals surface area contributed by atoms with E-state index in [-0.39, 0.29) is 17.7 Å². The fraction of sp³-hybridized carbons (Fsp3) is 0.310. The largest absolute Gasteiger partial charge is 0.508 e. The molecule has 4 rings (SSSR count). The number of benzene rings is 3. The Kier molecular flexibility index (Phi) is 9.65. The summed E-state index contributed by atoms with van der Waals surface area (Å²) < 4.78 is 0. The van der Waals surface area contributed by atoms with Crippen molar-refractivity contribution in [3.05, 3.63) is 89.5 Å². The van der Waals surface area contributed by atoms with Crippen LogP contribution in [0.3, 0.4) is 0 Å². The van der Waals surface area contributed by atoms with Gasteiger partial charge < -0.3 is 20.6 Å². The number of aromatic hydroxyl groups is 3. The van der Waals surface area contributed by atoms with E-state index in [1.54, 1.807) is 42.8 Å². The van der Waals surface area contributed by atoms with Gasteiger partial charge in [-0.05, 0) is 30.3 Å². The molecular formula is C29H35N5O3. The van der Waals surface area contributed by atoms with Gasteiger partial charge in [0.15, 0.2) is 0 Å². The first-order chi connectivity index (χ1) is 18.1. The summed E-state index contributed by atoms with van der Waals surface area (Å²) in [6.07, 6.45) is 3.39. The molecule has 0 amide bonds. The third-order valence-electron chi connectivity index (χ3n) is 6.43. The standard InChI is InChI=1S/C29H35N5O3/c35-26-10-4-1-7-23(26)21-31-14-13-30-15-17-33-19-20-34(29(33)25-9-3-6-12-28(25)37)18-16-32-22-24-8-2-5-11-27(24)36/h1-12,21-22,29-30,35-37H,13-20H2/t29-/m1/s1. The van der Waals surface area contributed by atoms with Crippen molar-refractivity contribution < 1.29 is 15.3 Å². The van der Waals surface area contributed by atoms with Crippen molar-refractivity contribution in [3.8, 4) is 17.2 Å². The number of phenolic OH excluding ortho intramolecular Hbond substituents is 3. The van der Waals surface area contributed by atoms with Gasteiger partial charge in [0.25, 0.3) is 0 Å². The average Bonchev–Trinajstić information content (AvgIpc) is 3.30. The van der Waals surface area contributed by atoms with Gasteiger partial charge in [-0.15, -0.1) is 0 Å². The summed E-state index contributed by atoms with van der Waals surface area (Å²) in [5, 5.41) is 33.8. The molecule has 3 aromatic carbocycles. The van der Waals surface area contributed by atoms with Gasteiger partial charge in [0, 0.05) is 68.4 Å². The highest BCUT2D eigenvalue weighted by Crippen LogP contribution is 2.34. The molecule has 3 aromatic rings. The minimum absolute atomic E-state index is 0.0256. The number of para-hydroxylation sites is 3. The summed E-state index contributed by atoms with van der Waals surface area (Å²) in [6, 6.07) is 21.8. The molecule has 1 saturated heterocycles. The van der Waals surface area contributed by atoms with E-state index in [9.17, 15) is 15.3 Å². The van der Waals surface area contributed by atoms with E-state index in [0.29, 0.717) is 24.4 Å². The summed E-state index contributed by atoms with van der Waals surface area (Å²) in [5.74, 6) is 0.757. The van der Waals surface area contributed by atoms with E-state index in [0.717, 1.165) is 50.4 Å². The van der Waals surface area contributed by atoms with Crippen molar-refractivity contribution in [2.75, 3.05) is 52.4 Å². The van der Waals surface area contributed by atoms with Gasteiger partial charge in [0.05, 0.1) is 19.3 Å². The van der Waals surface area contributed by atoms with Crippen molar-refractivity contribution >= 4 is 12.4 Å². The minimum Gasteiger partial charge on any atom is -0.508 e. The molecule has 4 N–H and O–H groups in total. The third kappa shape index (κ3) is 7.39. The van der Waals surface area contributed by atoms with Crippen LogP contribution in [-0.2, 0) is 0 Å². The number of rotatable bonds is 12. The van der Waals surface area contributed by atoms with Crippen LogP contribution in [0.5, 0.6) is 17.2 Å². The first-order valence-corrected chi connectivity index (χ1v) is 12.7. The summed E-state index contributed by atoms with van der Waals surface area (Å²) in [5.41, 5.74) is 2.32. The molecule has 0 spiro atoms. The highest BCUT2D eigenvalue weighted by molar-refractivity contribution is 5.83. The fourth-order valence-corrected chi connectivity index (χ4v) is 4.50. The molecule has 37 heavy (non-hydrogen) atoms. The number of hydrogen-bond acceptors (Lipinski definition) is 8. The van der Waals surface area contributed by atoms with Crippen molar-refractivity contribution in [2.24, 2.45) is 9.98 Å². The molecule has 194 valence electrons. The summed E-state index contributed by atoms with van der Waals surface area (Å²) in [6.45, 7) is 6.12. The van der Waals surface area contributed by atoms with E-state index < -0.39 is 0 Å². The lowest BCUT2D eigenvalue weighted by atomic mass is 10.1. The van der Waals surface area contributed by atoms with Crippen LogP contribution in [0.4, 0.5) is 0 Å². The minimum atomic E-state index is -0.0256. The molecule has 8 heteroatoms. The topological polar surface area (TPSA) is 104 Å². The second-order valence-corrected chi connectivity index (χ2v) is 8.94. The molecule has 1 atom stereocenters. The highest BCUT2D eigenvalue weighted by Gasteiger charge is 2.33. The Labute approximate surface area is 218 Å². The first-order valence-electron chi connectivity index (χ1n) is 12.7. The Morgan fingerprint density at radius 1 is 0.676 bits per heavy atom. The van der Waals surface area contributed by atoms with E-state index in [1.807, 2.05) is 42.5 Å². The van der Waals surface area contributed by atoms with Crippen LogP contribution in [-0.4, -0.2) is 89.9 Å². The van der Waals surface area contributed by atoms with Gasteiger partial charge >= 0.3 is 0 Å². The zero-order chi connectivity index (χ0) is 25.9. The van der Waals surface area contributed by atoms with E-state index >= 15 is 0 Å². The number of nitrogens with one attached hydrogen (secondary N) is 1. The molecule has 0 radical (unpaired) electrons. The summed E-state index contributed by atoms with van der Waals surface area (Å²) >= 11 is 0. The van der Waals surface area contributed by atoms with Gasteiger partial charge in [-0.25, -0.2) is 0 Å². The van der Waals surface area contributed by atoms with Crippen LogP contribution in [0, 0.1) is 0 Å². The second-order valence-electron chi connectivity index (χ2n) is 8.94. The number of phenols is 3. The van der Waals surface area contributed by atoms with Gasteiger partial charge in [-0.1, -0.05) is 42.5 Å². The van der Waals surface area contributed by atoms with Gasteiger partial charge in [0.1, 0.15) is 17.2 Å². The maximum absolute atomic E-state index is 10.6. The van der Waals surface area contributed by atoms with Gasteiger partial charge in [0.2, 0.25) is 0 Å². The Balaban J connectivity index is 1.28. The molecule has 0 aliphatic carbocycles. The smallest absolute Gasteiger partial charge is 0.124 e. The predicted octanol–water partition coefficient (Wildman–Crippen LogP) is 3.25. The average molecular weight is 502 g/mol. The number of aliphatic imine (C=N–C) groups is 2. The van der Waals surface area contributed by atoms with Crippen molar-refractivity contribution in [3.63, 3.8) is 0 Å². The Morgan fingerprint density at radius 3 is 1.84 bits per heavy atom. The molecular weight excluding hydrogens is 466 g/mol. The first kappa shape index (κ1) is 26.3. The molecule has 8 nitrogen and oxygen atoms in total. The zero-order valence-corrected chi connectivity index (χ0v) is 20.9. The van der Waals surface area contributed by atoms with Crippen LogP contribution in [0.15, 0.2) is 82.8 Å². The monoisotopic (exact) mass is 501 g/mol. The van der Waals surface area contributed by atoms with Crippen LogP contribution < -0.4 is 5.32 Å². The molecule has 0 saturated carbocycles. The number of hydrogen-bond donors (Lipinski definition) is 4. The molecule has 0 bridgehead atoms. The van der Waals surface area contributed by atoms with Crippen molar-refractivity contribution in [2.45, 2.75) is 6.17 Å². The molecule has 0 aromatic heterocycles. The normalized spacial score (nSPS) is 16.8. The highest BCUT2D eigenvalue weighted by atomic mass is 16.3. The van der Waals surface area contributed by atoms with Crippen molar-refractivity contribution in [1.29, 1.82) is 0 Å². The third-order valence-corrected chi connectivity index (χ3v) is 6.43. The van der Waals surface area contributed by atoms with E-state index in [1.165, 1.54) is 0 Å². The molecule has 1 heterocycles. The molecule has 1 aliphatic rings. The second kappa shape index (κ2) is 13.5. The van der Waals surface area contributed by atoms with Crippen molar-refractivity contribution in [1.82, 2.24) is 15.1 Å². The Hall–Kier alpha value is -3.72. The Bertz CT molecular complexity index is 1200. The summed E-state index contributed by atoms with van der Waals surface area (Å²) in [4.78, 5) is 13.6. The molecule has 1 aliphatic heterocycles. The molecule has 0 unspecified atom stereocenters. The zero-order valence-electron chi connectivity index (χ0n) is 20.9. The van der Waals surface area contributed by atoms with E-state index in [4.69, 9.17) is 0 Å². The maximum atomic E-state index is 10.6. The lowest BCUT2D eigenvalue weighted by Gasteiger charge is -2.31. The lowest BCUT2D eigenvalue weighted by molar-refractivity contribution is 0.138. The van der Waals surface area contributed by atoms with Gasteiger partial charge in [-0.3, -0.25) is 19.8 Å². The van der Waals surface area contributed by atoms with Crippen LogP contribution >= 0.6 is 0 Å². The fourth-order valence-electron chi connectivity index (χ4n) is 4.50. The lowest BCUT2D eigenvalue weighted by Crippen LogP contribution is -2.36. The van der Waals surface area contributed by atoms with Crippen LogP contribution in [0.2, 0.25) is 0 Å². The maximum Gasteiger partial charge on any atom is 0.124 e. The summed E-state index contributed by atoms with van der Waals surface area (Å²) in [7, 11) is 0. The van der Waals surface area contributed by atoms with Gasteiger partial charge in [-0.2, -0.15) is 0 Å². The SMILES string of the molecule is Oc1ccccc1C=NCCNCCN1CCN(CCN=Cc2ccccc2O)[C@@H]1c1ccccc1O. The van der Waals surface area contributed by atoms with Crippen LogP contribution in [0.25, 0.3) is 0 Å². The van der Waals surface area contributed by atoms with Crippen LogP contribution in [0.1, 0.15) is 22.9 Å².